The SMILES string of the molecule is C\C=C/C(=C\C=N\C1C=CC(c2ccc(-n3c4ccccc4c4ccccc43)cc2)=CC1)c1ccc(-c2ccccc2)cc1. The molecule has 0 radical (unpaired) electrons. The lowest BCUT2D eigenvalue weighted by atomic mass is 9.97. The predicted octanol–water partition coefficient (Wildman–Crippen LogP) is 10.9. The van der Waals surface area contributed by atoms with Crippen molar-refractivity contribution in [3.8, 4) is 16.8 Å². The van der Waals surface area contributed by atoms with Gasteiger partial charge in [0.05, 0.1) is 17.1 Å². The van der Waals surface area contributed by atoms with E-state index in [-0.39, 0.29) is 6.04 Å². The summed E-state index contributed by atoms with van der Waals surface area (Å²) >= 11 is 0. The highest BCUT2D eigenvalue weighted by atomic mass is 15.0. The van der Waals surface area contributed by atoms with Crippen molar-refractivity contribution in [2.45, 2.75) is 19.4 Å². The molecule has 212 valence electrons. The van der Waals surface area contributed by atoms with Crippen LogP contribution in [0, 0.1) is 0 Å². The Kier molecular flexibility index (Phi) is 7.72. The number of fused-ring (bicyclic) bond motifs is 3. The van der Waals surface area contributed by atoms with Crippen LogP contribution in [0.1, 0.15) is 24.5 Å². The van der Waals surface area contributed by atoms with Crippen molar-refractivity contribution in [2.75, 3.05) is 0 Å². The molecule has 1 unspecified atom stereocenters. The van der Waals surface area contributed by atoms with Crippen molar-refractivity contribution < 1.29 is 0 Å². The van der Waals surface area contributed by atoms with E-state index in [9.17, 15) is 0 Å². The lowest BCUT2D eigenvalue weighted by Gasteiger charge is -2.14. The first-order valence-electron chi connectivity index (χ1n) is 15.3. The number of nitrogens with zero attached hydrogens (tertiary/aromatic N) is 2. The highest BCUT2D eigenvalue weighted by Gasteiger charge is 2.12. The first-order chi connectivity index (χ1) is 21.8. The summed E-state index contributed by atoms with van der Waals surface area (Å²) in [5, 5.41) is 2.57. The van der Waals surface area contributed by atoms with Gasteiger partial charge in [0.25, 0.3) is 0 Å². The zero-order chi connectivity index (χ0) is 29.7. The fourth-order valence-corrected chi connectivity index (χ4v) is 6.08. The van der Waals surface area contributed by atoms with Crippen molar-refractivity contribution in [1.82, 2.24) is 4.57 Å². The standard InChI is InChI=1S/C42H34N2/c1-2-10-31(33-17-19-34(20-18-33)32-11-4-3-5-12-32)29-30-43-37-25-21-35(22-26-37)36-23-27-38(28-24-36)44-41-15-8-6-13-39(41)40-14-7-9-16-42(40)44/h2-25,27-30,37H,26H2,1H3/b10-2-,31-29+,43-30+. The van der Waals surface area contributed by atoms with Crippen LogP contribution in [0.3, 0.4) is 0 Å². The second-order valence-corrected chi connectivity index (χ2v) is 11.1. The van der Waals surface area contributed by atoms with Crippen molar-refractivity contribution in [3.63, 3.8) is 0 Å². The van der Waals surface area contributed by atoms with Gasteiger partial charge in [0.15, 0.2) is 0 Å². The maximum atomic E-state index is 4.86. The molecule has 0 spiro atoms. The second-order valence-electron chi connectivity index (χ2n) is 11.1. The molecule has 0 amide bonds. The van der Waals surface area contributed by atoms with Crippen LogP contribution in [0.15, 0.2) is 169 Å². The molecule has 2 heteroatoms. The number of rotatable bonds is 7. The number of benzene rings is 5. The van der Waals surface area contributed by atoms with Gasteiger partial charge in [-0.2, -0.15) is 0 Å². The Balaban J connectivity index is 1.05. The molecule has 1 atom stereocenters. The summed E-state index contributed by atoms with van der Waals surface area (Å²) in [6.07, 6.45) is 15.9. The number of aromatic nitrogens is 1. The first kappa shape index (κ1) is 27.4. The number of hydrogen-bond acceptors (Lipinski definition) is 1. The molecule has 2 nitrogen and oxygen atoms in total. The molecule has 1 aromatic heterocycles. The van der Waals surface area contributed by atoms with E-state index in [4.69, 9.17) is 4.99 Å². The van der Waals surface area contributed by atoms with Crippen LogP contribution in [0.25, 0.3) is 49.8 Å². The first-order valence-corrected chi connectivity index (χ1v) is 15.3. The molecule has 0 fully saturated rings. The van der Waals surface area contributed by atoms with E-state index in [2.05, 4.69) is 169 Å². The van der Waals surface area contributed by atoms with Gasteiger partial charge in [-0.15, -0.1) is 0 Å². The van der Waals surface area contributed by atoms with E-state index in [0.29, 0.717) is 0 Å². The minimum absolute atomic E-state index is 0.138. The molecule has 0 saturated heterocycles. The van der Waals surface area contributed by atoms with Gasteiger partial charge in [-0.05, 0) is 77.1 Å². The molecular formula is C42H34N2. The third-order valence-corrected chi connectivity index (χ3v) is 8.32. The summed E-state index contributed by atoms with van der Waals surface area (Å²) in [6.45, 7) is 2.05. The van der Waals surface area contributed by atoms with Gasteiger partial charge in [-0.3, -0.25) is 4.99 Å². The van der Waals surface area contributed by atoms with Crippen molar-refractivity contribution in [1.29, 1.82) is 0 Å². The Labute approximate surface area is 259 Å². The Morgan fingerprint density at radius 3 is 1.93 bits per heavy atom. The third-order valence-electron chi connectivity index (χ3n) is 8.32. The van der Waals surface area contributed by atoms with Gasteiger partial charge in [-0.1, -0.05) is 134 Å². The number of allylic oxidation sites excluding steroid dienone is 6. The van der Waals surface area contributed by atoms with Crippen molar-refractivity contribution >= 4 is 39.2 Å². The Morgan fingerprint density at radius 2 is 1.30 bits per heavy atom. The maximum absolute atomic E-state index is 4.86. The quantitative estimate of drug-likeness (QED) is 0.135. The van der Waals surface area contributed by atoms with Crippen molar-refractivity contribution in [3.05, 3.63) is 175 Å². The largest absolute Gasteiger partial charge is 0.309 e. The topological polar surface area (TPSA) is 17.3 Å². The monoisotopic (exact) mass is 566 g/mol. The van der Waals surface area contributed by atoms with E-state index >= 15 is 0 Å². The maximum Gasteiger partial charge on any atom is 0.0717 e. The van der Waals surface area contributed by atoms with Crippen LogP contribution >= 0.6 is 0 Å². The molecule has 0 bridgehead atoms. The van der Waals surface area contributed by atoms with Crippen LogP contribution in [0.5, 0.6) is 0 Å². The Hall–Kier alpha value is -5.47. The zero-order valence-electron chi connectivity index (χ0n) is 24.8. The van der Waals surface area contributed by atoms with E-state index in [1.807, 2.05) is 12.3 Å². The molecular weight excluding hydrogens is 532 g/mol. The summed E-state index contributed by atoms with van der Waals surface area (Å²) in [4.78, 5) is 4.86. The minimum atomic E-state index is 0.138. The molecule has 1 aliphatic carbocycles. The van der Waals surface area contributed by atoms with Gasteiger partial charge < -0.3 is 4.57 Å². The van der Waals surface area contributed by atoms with Crippen LogP contribution in [0.2, 0.25) is 0 Å². The van der Waals surface area contributed by atoms with Gasteiger partial charge in [0.2, 0.25) is 0 Å². The average molecular weight is 567 g/mol. The van der Waals surface area contributed by atoms with Gasteiger partial charge in [0, 0.05) is 22.7 Å². The molecule has 0 N–H and O–H groups in total. The Bertz CT molecular complexity index is 2010. The number of para-hydroxylation sites is 2. The lowest BCUT2D eigenvalue weighted by molar-refractivity contribution is 0.835. The number of hydrogen-bond donors (Lipinski definition) is 0. The normalized spacial score (nSPS) is 15.5. The van der Waals surface area contributed by atoms with E-state index in [0.717, 1.165) is 12.0 Å². The van der Waals surface area contributed by atoms with Gasteiger partial charge in [-0.25, -0.2) is 0 Å². The fraction of sp³-hybridized carbons (Fsp3) is 0.0714. The third kappa shape index (κ3) is 5.50. The molecule has 5 aromatic carbocycles. The molecule has 0 saturated carbocycles. The summed E-state index contributed by atoms with van der Waals surface area (Å²) in [7, 11) is 0. The second kappa shape index (κ2) is 12.4. The van der Waals surface area contributed by atoms with Gasteiger partial charge >= 0.3 is 0 Å². The van der Waals surface area contributed by atoms with Gasteiger partial charge in [0.1, 0.15) is 0 Å². The van der Waals surface area contributed by atoms with Crippen LogP contribution in [-0.2, 0) is 0 Å². The summed E-state index contributed by atoms with van der Waals surface area (Å²) in [5.41, 5.74) is 10.9. The van der Waals surface area contributed by atoms with E-state index in [1.54, 1.807) is 0 Å². The Morgan fingerprint density at radius 1 is 0.682 bits per heavy atom. The minimum Gasteiger partial charge on any atom is -0.309 e. The van der Waals surface area contributed by atoms with Crippen LogP contribution < -0.4 is 0 Å². The predicted molar refractivity (Wildman–Crippen MR) is 189 cm³/mol. The highest BCUT2D eigenvalue weighted by Crippen LogP contribution is 2.32. The van der Waals surface area contributed by atoms with E-state index < -0.39 is 0 Å². The molecule has 1 heterocycles. The molecule has 44 heavy (non-hydrogen) atoms. The van der Waals surface area contributed by atoms with Crippen LogP contribution in [0.4, 0.5) is 0 Å². The molecule has 6 aromatic rings. The molecule has 1 aliphatic rings. The highest BCUT2D eigenvalue weighted by molar-refractivity contribution is 6.09. The number of aliphatic imine (C=N–C) groups is 1. The molecule has 0 aliphatic heterocycles. The summed E-state index contributed by atoms with van der Waals surface area (Å²) < 4.78 is 2.36. The van der Waals surface area contributed by atoms with E-state index in [1.165, 1.54) is 55.3 Å². The molecule has 7 rings (SSSR count). The van der Waals surface area contributed by atoms with Crippen molar-refractivity contribution in [2.24, 2.45) is 4.99 Å². The average Bonchev–Trinajstić information content (AvgIpc) is 3.43. The smallest absolute Gasteiger partial charge is 0.0717 e. The fourth-order valence-electron chi connectivity index (χ4n) is 6.08. The van der Waals surface area contributed by atoms with Crippen LogP contribution in [-0.4, -0.2) is 16.8 Å². The summed E-state index contributed by atoms with van der Waals surface area (Å²) in [5.74, 6) is 0. The lowest BCUT2D eigenvalue weighted by Crippen LogP contribution is -2.03. The zero-order valence-corrected chi connectivity index (χ0v) is 24.8. The summed E-state index contributed by atoms with van der Waals surface area (Å²) in [6, 6.07) is 45.6.